The number of benzene rings is 2. The van der Waals surface area contributed by atoms with Crippen LogP contribution < -0.4 is 5.32 Å². The monoisotopic (exact) mass is 415 g/mol. The lowest BCUT2D eigenvalue weighted by molar-refractivity contribution is -0.115. The topological polar surface area (TPSA) is 46.4 Å². The largest absolute Gasteiger partial charge is 0.326 e. The zero-order valence-corrected chi connectivity index (χ0v) is 16.7. The van der Waals surface area contributed by atoms with Crippen LogP contribution in [0.3, 0.4) is 0 Å². The first-order valence-corrected chi connectivity index (χ1v) is 9.90. The first-order valence-electron chi connectivity index (χ1n) is 8.26. The number of fused-ring (bicyclic) bond motifs is 1. The number of aryl methyl sites for hydroxylation is 1. The molecule has 0 saturated carbocycles. The Morgan fingerprint density at radius 2 is 1.85 bits per heavy atom. The van der Waals surface area contributed by atoms with Crippen molar-refractivity contribution in [2.45, 2.75) is 13.3 Å². The molecular formula is C20H15Cl2N3OS. The fourth-order valence-electron chi connectivity index (χ4n) is 2.82. The van der Waals surface area contributed by atoms with Crippen molar-refractivity contribution in [2.24, 2.45) is 0 Å². The molecule has 1 amide bonds. The van der Waals surface area contributed by atoms with Gasteiger partial charge in [0.05, 0.1) is 12.1 Å². The van der Waals surface area contributed by atoms with E-state index in [1.165, 1.54) is 16.9 Å². The Labute approximate surface area is 170 Å². The molecule has 27 heavy (non-hydrogen) atoms. The highest BCUT2D eigenvalue weighted by atomic mass is 35.5. The minimum atomic E-state index is -0.140. The Morgan fingerprint density at radius 1 is 1.15 bits per heavy atom. The van der Waals surface area contributed by atoms with E-state index >= 15 is 0 Å². The Kier molecular flexibility index (Phi) is 4.91. The van der Waals surface area contributed by atoms with Crippen molar-refractivity contribution in [3.8, 4) is 11.3 Å². The second-order valence-corrected chi connectivity index (χ2v) is 7.96. The quantitative estimate of drug-likeness (QED) is 0.453. The minimum absolute atomic E-state index is 0.140. The Balaban J connectivity index is 1.55. The number of thiazole rings is 1. The number of nitrogens with one attached hydrogen (secondary N) is 1. The Bertz CT molecular complexity index is 1110. The number of amides is 1. The number of imidazole rings is 1. The van der Waals surface area contributed by atoms with Gasteiger partial charge in [-0.2, -0.15) is 0 Å². The molecular weight excluding hydrogens is 401 g/mol. The molecule has 4 nitrogen and oxygen atoms in total. The van der Waals surface area contributed by atoms with E-state index in [4.69, 9.17) is 23.2 Å². The third kappa shape index (κ3) is 4.00. The summed E-state index contributed by atoms with van der Waals surface area (Å²) in [5.74, 6) is -0.140. The lowest BCUT2D eigenvalue weighted by Gasteiger charge is -2.06. The molecule has 0 saturated heterocycles. The van der Waals surface area contributed by atoms with Gasteiger partial charge in [-0.05, 0) is 25.1 Å². The molecule has 136 valence electrons. The molecule has 7 heteroatoms. The summed E-state index contributed by atoms with van der Waals surface area (Å²) in [6.45, 7) is 2.05. The molecule has 2 heterocycles. The molecule has 1 N–H and O–H groups in total. The summed E-state index contributed by atoms with van der Waals surface area (Å²) in [6, 6.07) is 13.2. The number of anilines is 1. The molecule has 4 rings (SSSR count). The molecule has 2 aromatic heterocycles. The van der Waals surface area contributed by atoms with Gasteiger partial charge in [-0.15, -0.1) is 11.3 Å². The maximum Gasteiger partial charge on any atom is 0.230 e. The molecule has 0 spiro atoms. The highest BCUT2D eigenvalue weighted by molar-refractivity contribution is 7.15. The summed E-state index contributed by atoms with van der Waals surface area (Å²) < 4.78 is 1.96. The van der Waals surface area contributed by atoms with E-state index in [0.29, 0.717) is 15.7 Å². The first-order chi connectivity index (χ1) is 13.0. The molecule has 0 aliphatic carbocycles. The predicted octanol–water partition coefficient (Wildman–Crippen LogP) is 5.86. The fourth-order valence-corrected chi connectivity index (χ4v) is 4.21. The standard InChI is InChI=1S/C20H15Cl2N3OS/c1-12-2-4-13(5-3-12)18-10-25-17(11-27-20(25)24-18)9-19(26)23-16-7-14(21)6-15(22)8-16/h2-8,10-11H,9H2,1H3,(H,23,26). The number of hydrogen-bond donors (Lipinski definition) is 1. The molecule has 0 radical (unpaired) electrons. The Hall–Kier alpha value is -2.34. The van der Waals surface area contributed by atoms with Crippen LogP contribution in [0.5, 0.6) is 0 Å². The second-order valence-electron chi connectivity index (χ2n) is 6.25. The van der Waals surface area contributed by atoms with E-state index in [2.05, 4.69) is 41.5 Å². The van der Waals surface area contributed by atoms with Gasteiger partial charge in [0.1, 0.15) is 0 Å². The molecule has 2 aromatic carbocycles. The lowest BCUT2D eigenvalue weighted by atomic mass is 10.1. The number of aromatic nitrogens is 2. The van der Waals surface area contributed by atoms with Crippen molar-refractivity contribution >= 4 is 51.1 Å². The average Bonchev–Trinajstić information content (AvgIpc) is 3.16. The van der Waals surface area contributed by atoms with Crippen molar-refractivity contribution in [3.63, 3.8) is 0 Å². The molecule has 0 aliphatic rings. The number of carbonyl (C=O) groups is 1. The van der Waals surface area contributed by atoms with Gasteiger partial charge in [0.2, 0.25) is 5.91 Å². The van der Waals surface area contributed by atoms with Gasteiger partial charge in [0.15, 0.2) is 4.96 Å². The molecule has 4 aromatic rings. The van der Waals surface area contributed by atoms with E-state index in [0.717, 1.165) is 21.9 Å². The SMILES string of the molecule is Cc1ccc(-c2cn3c(CC(=O)Nc4cc(Cl)cc(Cl)c4)csc3n2)cc1. The molecule has 0 unspecified atom stereocenters. The van der Waals surface area contributed by atoms with Crippen LogP contribution in [0.25, 0.3) is 16.2 Å². The van der Waals surface area contributed by atoms with Crippen LogP contribution in [0.15, 0.2) is 54.0 Å². The second kappa shape index (κ2) is 7.35. The summed E-state index contributed by atoms with van der Waals surface area (Å²) in [7, 11) is 0. The van der Waals surface area contributed by atoms with Crippen LogP contribution in [-0.4, -0.2) is 15.3 Å². The smallest absolute Gasteiger partial charge is 0.230 e. The van der Waals surface area contributed by atoms with E-state index in [9.17, 15) is 4.79 Å². The normalized spacial score (nSPS) is 11.1. The number of hydrogen-bond acceptors (Lipinski definition) is 3. The summed E-state index contributed by atoms with van der Waals surface area (Å²) in [6.07, 6.45) is 2.20. The van der Waals surface area contributed by atoms with Gasteiger partial charge in [-0.25, -0.2) is 4.98 Å². The van der Waals surface area contributed by atoms with Crippen LogP contribution in [-0.2, 0) is 11.2 Å². The van der Waals surface area contributed by atoms with E-state index in [1.54, 1.807) is 18.2 Å². The van der Waals surface area contributed by atoms with Gasteiger partial charge in [0, 0.05) is 38.6 Å². The van der Waals surface area contributed by atoms with Crippen molar-refractivity contribution in [1.82, 2.24) is 9.38 Å². The van der Waals surface area contributed by atoms with Crippen molar-refractivity contribution in [2.75, 3.05) is 5.32 Å². The van der Waals surface area contributed by atoms with Gasteiger partial charge < -0.3 is 5.32 Å². The van der Waals surface area contributed by atoms with Crippen molar-refractivity contribution in [1.29, 1.82) is 0 Å². The predicted molar refractivity (Wildman–Crippen MR) is 112 cm³/mol. The number of rotatable bonds is 4. The zero-order valence-electron chi connectivity index (χ0n) is 14.4. The maximum atomic E-state index is 12.4. The minimum Gasteiger partial charge on any atom is -0.326 e. The van der Waals surface area contributed by atoms with Crippen LogP contribution in [0.1, 0.15) is 11.3 Å². The third-order valence-corrected chi connectivity index (χ3v) is 5.44. The zero-order chi connectivity index (χ0) is 19.0. The van der Waals surface area contributed by atoms with E-state index in [1.807, 2.05) is 16.0 Å². The highest BCUT2D eigenvalue weighted by Gasteiger charge is 2.13. The molecule has 0 fully saturated rings. The van der Waals surface area contributed by atoms with Gasteiger partial charge in [-0.3, -0.25) is 9.20 Å². The van der Waals surface area contributed by atoms with Crippen LogP contribution in [0.2, 0.25) is 10.0 Å². The van der Waals surface area contributed by atoms with E-state index in [-0.39, 0.29) is 12.3 Å². The molecule has 0 bridgehead atoms. The lowest BCUT2D eigenvalue weighted by Crippen LogP contribution is -2.15. The van der Waals surface area contributed by atoms with Gasteiger partial charge >= 0.3 is 0 Å². The number of nitrogens with zero attached hydrogens (tertiary/aromatic N) is 2. The number of carbonyl (C=O) groups excluding carboxylic acids is 1. The molecule has 0 aliphatic heterocycles. The summed E-state index contributed by atoms with van der Waals surface area (Å²) in [5, 5.41) is 5.74. The average molecular weight is 416 g/mol. The Morgan fingerprint density at radius 3 is 2.56 bits per heavy atom. The number of halogens is 2. The van der Waals surface area contributed by atoms with Crippen LogP contribution >= 0.6 is 34.5 Å². The first kappa shape index (κ1) is 18.0. The fraction of sp³-hybridized carbons (Fsp3) is 0.100. The van der Waals surface area contributed by atoms with Crippen LogP contribution in [0, 0.1) is 6.92 Å². The van der Waals surface area contributed by atoms with Crippen LogP contribution in [0.4, 0.5) is 5.69 Å². The maximum absolute atomic E-state index is 12.4. The van der Waals surface area contributed by atoms with E-state index < -0.39 is 0 Å². The van der Waals surface area contributed by atoms with Crippen molar-refractivity contribution < 1.29 is 4.79 Å². The van der Waals surface area contributed by atoms with Gasteiger partial charge in [-0.1, -0.05) is 53.0 Å². The van der Waals surface area contributed by atoms with Crippen molar-refractivity contribution in [3.05, 3.63) is 75.3 Å². The summed E-state index contributed by atoms with van der Waals surface area (Å²) in [4.78, 5) is 18.0. The third-order valence-electron chi connectivity index (χ3n) is 4.12. The highest BCUT2D eigenvalue weighted by Crippen LogP contribution is 2.25. The summed E-state index contributed by atoms with van der Waals surface area (Å²) >= 11 is 13.5. The van der Waals surface area contributed by atoms with Gasteiger partial charge in [0.25, 0.3) is 0 Å². The summed E-state index contributed by atoms with van der Waals surface area (Å²) in [5.41, 5.74) is 4.62. The molecule has 0 atom stereocenters.